The van der Waals surface area contributed by atoms with Crippen molar-refractivity contribution in [1.82, 2.24) is 0 Å². The van der Waals surface area contributed by atoms with Gasteiger partial charge in [-0.25, -0.2) is 0 Å². The van der Waals surface area contributed by atoms with Gasteiger partial charge in [-0.05, 0) is 36.6 Å². The van der Waals surface area contributed by atoms with Crippen molar-refractivity contribution in [2.45, 2.75) is 39.2 Å². The fourth-order valence-electron chi connectivity index (χ4n) is 2.30. The van der Waals surface area contributed by atoms with Gasteiger partial charge in [-0.3, -0.25) is 0 Å². The predicted octanol–water partition coefficient (Wildman–Crippen LogP) is 4.45. The number of hydrogen-bond acceptors (Lipinski definition) is 2. The molecule has 0 aromatic heterocycles. The molecule has 2 nitrogen and oxygen atoms in total. The Balaban J connectivity index is 1.94. The van der Waals surface area contributed by atoms with Gasteiger partial charge in [-0.1, -0.05) is 55.3 Å². The molecule has 0 fully saturated rings. The molecular formula is C19H24O2. The van der Waals surface area contributed by atoms with E-state index in [-0.39, 0.29) is 0 Å². The number of rotatable bonds is 7. The van der Waals surface area contributed by atoms with Crippen LogP contribution in [0.5, 0.6) is 5.75 Å². The maximum atomic E-state index is 10.3. The Kier molecular flexibility index (Phi) is 5.82. The summed E-state index contributed by atoms with van der Waals surface area (Å²) < 4.78 is 5.63. The van der Waals surface area contributed by atoms with E-state index in [0.29, 0.717) is 6.42 Å². The summed E-state index contributed by atoms with van der Waals surface area (Å²) in [6, 6.07) is 16.0. The highest BCUT2D eigenvalue weighted by Gasteiger charge is 2.09. The first-order valence-corrected chi connectivity index (χ1v) is 7.65. The standard InChI is InChI=1S/C19H24O2/c1-3-4-12-21-18-10-8-17(9-11-18)19(20)14-16-7-5-6-15(2)13-16/h5-11,13,19-20H,3-4,12,14H2,1-2H3. The van der Waals surface area contributed by atoms with E-state index in [4.69, 9.17) is 4.74 Å². The van der Waals surface area contributed by atoms with Crippen molar-refractivity contribution in [1.29, 1.82) is 0 Å². The first kappa shape index (κ1) is 15.6. The van der Waals surface area contributed by atoms with Crippen molar-refractivity contribution in [2.24, 2.45) is 0 Å². The van der Waals surface area contributed by atoms with Gasteiger partial charge in [-0.2, -0.15) is 0 Å². The molecule has 2 aromatic carbocycles. The zero-order chi connectivity index (χ0) is 15.1. The van der Waals surface area contributed by atoms with E-state index >= 15 is 0 Å². The number of hydrogen-bond donors (Lipinski definition) is 1. The minimum atomic E-state index is -0.475. The number of aryl methyl sites for hydroxylation is 1. The molecule has 0 bridgehead atoms. The zero-order valence-electron chi connectivity index (χ0n) is 12.9. The third-order valence-corrected chi connectivity index (χ3v) is 3.54. The summed E-state index contributed by atoms with van der Waals surface area (Å²) in [5.41, 5.74) is 3.31. The van der Waals surface area contributed by atoms with Crippen molar-refractivity contribution in [3.63, 3.8) is 0 Å². The monoisotopic (exact) mass is 284 g/mol. The van der Waals surface area contributed by atoms with Gasteiger partial charge in [-0.15, -0.1) is 0 Å². The summed E-state index contributed by atoms with van der Waals surface area (Å²) in [6.45, 7) is 4.97. The molecule has 0 aliphatic heterocycles. The van der Waals surface area contributed by atoms with E-state index in [2.05, 4.69) is 32.0 Å². The highest BCUT2D eigenvalue weighted by atomic mass is 16.5. The largest absolute Gasteiger partial charge is 0.494 e. The lowest BCUT2D eigenvalue weighted by atomic mass is 10.0. The molecule has 1 unspecified atom stereocenters. The van der Waals surface area contributed by atoms with Gasteiger partial charge in [0.1, 0.15) is 5.75 Å². The average Bonchev–Trinajstić information content (AvgIpc) is 2.48. The summed E-state index contributed by atoms with van der Waals surface area (Å²) >= 11 is 0. The Labute approximate surface area is 127 Å². The Morgan fingerprint density at radius 3 is 2.52 bits per heavy atom. The van der Waals surface area contributed by atoms with Gasteiger partial charge in [0.2, 0.25) is 0 Å². The number of unbranched alkanes of at least 4 members (excludes halogenated alkanes) is 1. The van der Waals surface area contributed by atoms with Crippen LogP contribution in [0.1, 0.15) is 42.6 Å². The molecule has 0 saturated carbocycles. The zero-order valence-corrected chi connectivity index (χ0v) is 12.9. The molecular weight excluding hydrogens is 260 g/mol. The van der Waals surface area contributed by atoms with E-state index in [1.807, 2.05) is 30.3 Å². The van der Waals surface area contributed by atoms with Crippen molar-refractivity contribution in [2.75, 3.05) is 6.61 Å². The van der Waals surface area contributed by atoms with Gasteiger partial charge in [0.25, 0.3) is 0 Å². The Bertz CT molecular complexity index is 546. The predicted molar refractivity (Wildman–Crippen MR) is 86.7 cm³/mol. The van der Waals surface area contributed by atoms with Gasteiger partial charge in [0.05, 0.1) is 12.7 Å². The average molecular weight is 284 g/mol. The molecule has 0 radical (unpaired) electrons. The van der Waals surface area contributed by atoms with E-state index in [1.54, 1.807) is 0 Å². The van der Waals surface area contributed by atoms with Crippen LogP contribution >= 0.6 is 0 Å². The van der Waals surface area contributed by atoms with Crippen LogP contribution in [0.25, 0.3) is 0 Å². The molecule has 1 N–H and O–H groups in total. The molecule has 2 rings (SSSR count). The van der Waals surface area contributed by atoms with E-state index in [0.717, 1.165) is 36.3 Å². The van der Waals surface area contributed by atoms with Crippen LogP contribution in [0.15, 0.2) is 48.5 Å². The van der Waals surface area contributed by atoms with Gasteiger partial charge >= 0.3 is 0 Å². The fraction of sp³-hybridized carbons (Fsp3) is 0.368. The normalized spacial score (nSPS) is 12.1. The van der Waals surface area contributed by atoms with Crippen molar-refractivity contribution >= 4 is 0 Å². The second-order valence-corrected chi connectivity index (χ2v) is 5.48. The van der Waals surface area contributed by atoms with Crippen molar-refractivity contribution < 1.29 is 9.84 Å². The first-order valence-electron chi connectivity index (χ1n) is 7.65. The van der Waals surface area contributed by atoms with Crippen LogP contribution in [-0.4, -0.2) is 11.7 Å². The Hall–Kier alpha value is -1.80. The molecule has 0 aliphatic carbocycles. The molecule has 112 valence electrons. The van der Waals surface area contributed by atoms with Crippen LogP contribution in [0, 0.1) is 6.92 Å². The third-order valence-electron chi connectivity index (χ3n) is 3.54. The quantitative estimate of drug-likeness (QED) is 0.761. The molecule has 0 heterocycles. The van der Waals surface area contributed by atoms with E-state index in [1.165, 1.54) is 5.56 Å². The Morgan fingerprint density at radius 1 is 1.10 bits per heavy atom. The lowest BCUT2D eigenvalue weighted by Crippen LogP contribution is -2.02. The number of benzene rings is 2. The molecule has 21 heavy (non-hydrogen) atoms. The fourth-order valence-corrected chi connectivity index (χ4v) is 2.30. The summed E-state index contributed by atoms with van der Waals surface area (Å²) in [5.74, 6) is 0.870. The second kappa shape index (κ2) is 7.84. The maximum Gasteiger partial charge on any atom is 0.119 e. The Morgan fingerprint density at radius 2 is 1.86 bits per heavy atom. The van der Waals surface area contributed by atoms with E-state index in [9.17, 15) is 5.11 Å². The second-order valence-electron chi connectivity index (χ2n) is 5.48. The van der Waals surface area contributed by atoms with Gasteiger partial charge < -0.3 is 9.84 Å². The van der Waals surface area contributed by atoms with Gasteiger partial charge in [0, 0.05) is 6.42 Å². The molecule has 2 aromatic rings. The molecule has 0 saturated heterocycles. The molecule has 0 aliphatic rings. The minimum Gasteiger partial charge on any atom is -0.494 e. The summed E-state index contributed by atoms with van der Waals surface area (Å²) in [4.78, 5) is 0. The highest BCUT2D eigenvalue weighted by Crippen LogP contribution is 2.21. The number of aliphatic hydroxyl groups excluding tert-OH is 1. The maximum absolute atomic E-state index is 10.3. The van der Waals surface area contributed by atoms with Crippen LogP contribution < -0.4 is 4.74 Å². The molecule has 0 amide bonds. The van der Waals surface area contributed by atoms with Crippen LogP contribution in [0.3, 0.4) is 0 Å². The SMILES string of the molecule is CCCCOc1ccc(C(O)Cc2cccc(C)c2)cc1. The summed E-state index contributed by atoms with van der Waals surface area (Å²) in [5, 5.41) is 10.3. The smallest absolute Gasteiger partial charge is 0.119 e. The molecule has 0 spiro atoms. The lowest BCUT2D eigenvalue weighted by Gasteiger charge is -2.12. The first-order chi connectivity index (χ1) is 10.2. The molecule has 1 atom stereocenters. The van der Waals surface area contributed by atoms with Crippen LogP contribution in [0.4, 0.5) is 0 Å². The minimum absolute atomic E-state index is 0.475. The topological polar surface area (TPSA) is 29.5 Å². The summed E-state index contributed by atoms with van der Waals surface area (Å²) in [7, 11) is 0. The van der Waals surface area contributed by atoms with Crippen molar-refractivity contribution in [3.8, 4) is 5.75 Å². The molecule has 2 heteroatoms. The number of aliphatic hydroxyl groups is 1. The highest BCUT2D eigenvalue weighted by molar-refractivity contribution is 5.30. The summed E-state index contributed by atoms with van der Waals surface area (Å²) in [6.07, 6.45) is 2.36. The van der Waals surface area contributed by atoms with Crippen LogP contribution in [-0.2, 0) is 6.42 Å². The van der Waals surface area contributed by atoms with E-state index < -0.39 is 6.10 Å². The number of ether oxygens (including phenoxy) is 1. The lowest BCUT2D eigenvalue weighted by molar-refractivity contribution is 0.178. The van der Waals surface area contributed by atoms with Crippen molar-refractivity contribution in [3.05, 3.63) is 65.2 Å². The van der Waals surface area contributed by atoms with Gasteiger partial charge in [0.15, 0.2) is 0 Å². The third kappa shape index (κ3) is 4.91. The van der Waals surface area contributed by atoms with Crippen LogP contribution in [0.2, 0.25) is 0 Å².